The van der Waals surface area contributed by atoms with Crippen LogP contribution in [0.25, 0.3) is 0 Å². The summed E-state index contributed by atoms with van der Waals surface area (Å²) in [5, 5.41) is 2.17. The summed E-state index contributed by atoms with van der Waals surface area (Å²) in [4.78, 5) is 37.0. The molecule has 1 aliphatic heterocycles. The molecular formula is C15H17FN2O3. The van der Waals surface area contributed by atoms with Gasteiger partial charge >= 0.3 is 6.03 Å². The predicted molar refractivity (Wildman–Crippen MR) is 73.6 cm³/mol. The molecule has 6 heteroatoms. The second-order valence-corrected chi connectivity index (χ2v) is 5.04. The highest BCUT2D eigenvalue weighted by atomic mass is 19.1. The molecule has 4 amide bonds. The largest absolute Gasteiger partial charge is 0.331 e. The van der Waals surface area contributed by atoms with Gasteiger partial charge in [-0.1, -0.05) is 31.5 Å². The number of rotatable bonds is 4. The molecule has 0 aliphatic carbocycles. The molecule has 1 N–H and O–H groups in total. The Morgan fingerprint density at radius 2 is 1.95 bits per heavy atom. The molecule has 0 bridgehead atoms. The zero-order valence-electron chi connectivity index (χ0n) is 11.9. The van der Waals surface area contributed by atoms with Crippen LogP contribution in [0.4, 0.5) is 9.18 Å². The maximum Gasteiger partial charge on any atom is 0.331 e. The van der Waals surface area contributed by atoms with Gasteiger partial charge in [0, 0.05) is 5.56 Å². The van der Waals surface area contributed by atoms with Gasteiger partial charge in [-0.25, -0.2) is 9.18 Å². The van der Waals surface area contributed by atoms with E-state index in [1.54, 1.807) is 13.0 Å². The van der Waals surface area contributed by atoms with Crippen LogP contribution in [0.2, 0.25) is 0 Å². The Labute approximate surface area is 122 Å². The molecule has 21 heavy (non-hydrogen) atoms. The Kier molecular flexibility index (Phi) is 4.35. The van der Waals surface area contributed by atoms with Crippen LogP contribution < -0.4 is 5.32 Å². The van der Waals surface area contributed by atoms with Gasteiger partial charge in [0.2, 0.25) is 11.8 Å². The summed E-state index contributed by atoms with van der Waals surface area (Å²) in [6.07, 6.45) is 0.998. The van der Waals surface area contributed by atoms with Crippen LogP contribution in [0, 0.1) is 11.7 Å². The van der Waals surface area contributed by atoms with Crippen molar-refractivity contribution in [3.63, 3.8) is 0 Å². The van der Waals surface area contributed by atoms with Gasteiger partial charge in [0.05, 0.1) is 6.04 Å². The lowest BCUT2D eigenvalue weighted by Gasteiger charge is -2.34. The molecule has 1 saturated heterocycles. The summed E-state index contributed by atoms with van der Waals surface area (Å²) < 4.78 is 13.8. The topological polar surface area (TPSA) is 66.5 Å². The second kappa shape index (κ2) is 6.03. The van der Waals surface area contributed by atoms with Crippen molar-refractivity contribution in [3.05, 3.63) is 35.6 Å². The first-order valence-corrected chi connectivity index (χ1v) is 6.89. The minimum atomic E-state index is -0.887. The van der Waals surface area contributed by atoms with Crippen molar-refractivity contribution in [3.8, 4) is 0 Å². The Morgan fingerprint density at radius 3 is 2.57 bits per heavy atom. The first kappa shape index (κ1) is 15.2. The first-order chi connectivity index (χ1) is 9.97. The van der Waals surface area contributed by atoms with Gasteiger partial charge in [-0.3, -0.25) is 19.8 Å². The molecule has 1 heterocycles. The van der Waals surface area contributed by atoms with Crippen LogP contribution in [-0.2, 0) is 9.59 Å². The van der Waals surface area contributed by atoms with Crippen molar-refractivity contribution in [2.75, 3.05) is 0 Å². The maximum absolute atomic E-state index is 13.8. The molecule has 2 rings (SSSR count). The van der Waals surface area contributed by atoms with E-state index in [0.29, 0.717) is 12.8 Å². The highest BCUT2D eigenvalue weighted by Gasteiger charge is 2.42. The van der Waals surface area contributed by atoms with Crippen LogP contribution in [0.5, 0.6) is 0 Å². The van der Waals surface area contributed by atoms with Crippen molar-refractivity contribution >= 4 is 17.8 Å². The molecule has 2 atom stereocenters. The van der Waals surface area contributed by atoms with Gasteiger partial charge in [0.25, 0.3) is 0 Å². The number of nitrogens with one attached hydrogen (secondary N) is 1. The van der Waals surface area contributed by atoms with E-state index in [9.17, 15) is 18.8 Å². The fourth-order valence-corrected chi connectivity index (χ4v) is 2.50. The molecule has 5 nitrogen and oxygen atoms in total. The normalized spacial score (nSPS) is 20.4. The average Bonchev–Trinajstić information content (AvgIpc) is 2.43. The lowest BCUT2D eigenvalue weighted by atomic mass is 9.96. The SMILES string of the molecule is CCCC1C(=O)NC(=O)N(C(C)c2ccccc2F)C1=O. The number of imide groups is 2. The number of nitrogens with zero attached hydrogens (tertiary/aromatic N) is 1. The van der Waals surface area contributed by atoms with Crippen LogP contribution in [0.15, 0.2) is 24.3 Å². The summed E-state index contributed by atoms with van der Waals surface area (Å²) in [5.74, 6) is -2.53. The number of carbonyl (C=O) groups excluding carboxylic acids is 3. The smallest absolute Gasteiger partial charge is 0.277 e. The fraction of sp³-hybridized carbons (Fsp3) is 0.400. The van der Waals surface area contributed by atoms with Crippen LogP contribution in [-0.4, -0.2) is 22.7 Å². The maximum atomic E-state index is 13.8. The summed E-state index contributed by atoms with van der Waals surface area (Å²) in [7, 11) is 0. The zero-order valence-corrected chi connectivity index (χ0v) is 11.9. The minimum absolute atomic E-state index is 0.241. The second-order valence-electron chi connectivity index (χ2n) is 5.04. The third-order valence-corrected chi connectivity index (χ3v) is 3.62. The minimum Gasteiger partial charge on any atom is -0.277 e. The lowest BCUT2D eigenvalue weighted by Crippen LogP contribution is -2.58. The number of benzene rings is 1. The molecule has 112 valence electrons. The molecule has 1 aliphatic rings. The number of urea groups is 1. The van der Waals surface area contributed by atoms with Gasteiger partial charge in [0.15, 0.2) is 0 Å². The van der Waals surface area contributed by atoms with Crippen molar-refractivity contribution in [1.29, 1.82) is 0 Å². The fourth-order valence-electron chi connectivity index (χ4n) is 2.50. The summed E-state index contributed by atoms with van der Waals surface area (Å²) in [5.41, 5.74) is 0.241. The third-order valence-electron chi connectivity index (χ3n) is 3.62. The van der Waals surface area contributed by atoms with E-state index in [1.165, 1.54) is 18.2 Å². The number of barbiturate groups is 1. The van der Waals surface area contributed by atoms with E-state index in [2.05, 4.69) is 5.32 Å². The standard InChI is InChI=1S/C15H17FN2O3/c1-3-6-11-13(19)17-15(21)18(14(11)20)9(2)10-7-4-5-8-12(10)16/h4-5,7-9,11H,3,6H2,1-2H3,(H,17,19,21). The van der Waals surface area contributed by atoms with Crippen LogP contribution in [0.1, 0.15) is 38.3 Å². The van der Waals surface area contributed by atoms with Crippen molar-refractivity contribution in [2.45, 2.75) is 32.7 Å². The Morgan fingerprint density at radius 1 is 1.29 bits per heavy atom. The van der Waals surface area contributed by atoms with Crippen molar-refractivity contribution in [2.24, 2.45) is 5.92 Å². The van der Waals surface area contributed by atoms with Gasteiger partial charge in [-0.2, -0.15) is 0 Å². The summed E-state index contributed by atoms with van der Waals surface area (Å²) >= 11 is 0. The molecule has 2 unspecified atom stereocenters. The summed E-state index contributed by atoms with van der Waals surface area (Å²) in [6.45, 7) is 3.41. The number of amides is 4. The number of halogens is 1. The Hall–Kier alpha value is -2.24. The van der Waals surface area contributed by atoms with E-state index in [1.807, 2.05) is 6.92 Å². The Balaban J connectivity index is 2.33. The molecule has 1 fully saturated rings. The van der Waals surface area contributed by atoms with Crippen molar-refractivity contribution < 1.29 is 18.8 Å². The zero-order chi connectivity index (χ0) is 15.6. The van der Waals surface area contributed by atoms with Gasteiger partial charge < -0.3 is 0 Å². The number of hydrogen-bond acceptors (Lipinski definition) is 3. The van der Waals surface area contributed by atoms with E-state index in [4.69, 9.17) is 0 Å². The van der Waals surface area contributed by atoms with E-state index in [-0.39, 0.29) is 5.56 Å². The average molecular weight is 292 g/mol. The highest BCUT2D eigenvalue weighted by Crippen LogP contribution is 2.27. The highest BCUT2D eigenvalue weighted by molar-refractivity contribution is 6.16. The number of carbonyl (C=O) groups is 3. The quantitative estimate of drug-likeness (QED) is 0.866. The Bertz CT molecular complexity index is 588. The molecule has 1 aromatic carbocycles. The lowest BCUT2D eigenvalue weighted by molar-refractivity contribution is -0.144. The molecule has 0 spiro atoms. The summed E-state index contributed by atoms with van der Waals surface area (Å²) in [6, 6.07) is 4.39. The molecule has 0 aromatic heterocycles. The number of hydrogen-bond donors (Lipinski definition) is 1. The predicted octanol–water partition coefficient (Wildman–Crippen LogP) is 2.38. The molecule has 0 saturated carbocycles. The molecule has 1 aromatic rings. The van der Waals surface area contributed by atoms with Gasteiger partial charge in [-0.05, 0) is 19.4 Å². The molecule has 0 radical (unpaired) electrons. The van der Waals surface area contributed by atoms with Crippen molar-refractivity contribution in [1.82, 2.24) is 10.2 Å². The van der Waals surface area contributed by atoms with Gasteiger partial charge in [-0.15, -0.1) is 0 Å². The first-order valence-electron chi connectivity index (χ1n) is 6.89. The monoisotopic (exact) mass is 292 g/mol. The van der Waals surface area contributed by atoms with Gasteiger partial charge in [0.1, 0.15) is 11.7 Å². The van der Waals surface area contributed by atoms with Crippen LogP contribution in [0.3, 0.4) is 0 Å². The van der Waals surface area contributed by atoms with Crippen LogP contribution >= 0.6 is 0 Å². The molecular weight excluding hydrogens is 275 g/mol. The third kappa shape index (κ3) is 2.79. The van der Waals surface area contributed by atoms with E-state index in [0.717, 1.165) is 4.90 Å². The van der Waals surface area contributed by atoms with E-state index < -0.39 is 35.6 Å². The van der Waals surface area contributed by atoms with E-state index >= 15 is 0 Å².